The minimum absolute atomic E-state index is 0. The first-order valence-electron chi connectivity index (χ1n) is 6.69. The molecule has 0 unspecified atom stereocenters. The molecule has 4 nitrogen and oxygen atoms in total. The Morgan fingerprint density at radius 2 is 1.86 bits per heavy atom. The second kappa shape index (κ2) is 8.99. The van der Waals surface area contributed by atoms with Gasteiger partial charge in [-0.15, -0.1) is 10.2 Å². The lowest BCUT2D eigenvalue weighted by atomic mass is 10.1. The largest absolute Gasteiger partial charge is 1.00 e. The third-order valence-corrected chi connectivity index (χ3v) is 4.48. The first-order valence-corrected chi connectivity index (χ1v) is 8.43. The smallest absolute Gasteiger partial charge is 0.277 e. The highest BCUT2D eigenvalue weighted by molar-refractivity contribution is 7.98. The lowest BCUT2D eigenvalue weighted by Crippen LogP contribution is -3.00. The van der Waals surface area contributed by atoms with Crippen molar-refractivity contribution in [2.75, 3.05) is 0 Å². The molecule has 122 valence electrons. The molecule has 0 bridgehead atoms. The van der Waals surface area contributed by atoms with E-state index in [1.54, 1.807) is 0 Å². The summed E-state index contributed by atoms with van der Waals surface area (Å²) >= 11 is 13.7. The predicted molar refractivity (Wildman–Crippen MR) is 85.4 cm³/mol. The van der Waals surface area contributed by atoms with Gasteiger partial charge >= 0.3 is 0 Å². The second-order valence-electron chi connectivity index (χ2n) is 5.22. The van der Waals surface area contributed by atoms with Gasteiger partial charge in [0.2, 0.25) is 0 Å². The second-order valence-corrected chi connectivity index (χ2v) is 6.96. The van der Waals surface area contributed by atoms with Crippen molar-refractivity contribution in [3.8, 4) is 0 Å². The summed E-state index contributed by atoms with van der Waals surface area (Å²) in [6, 6.07) is 5.48. The van der Waals surface area contributed by atoms with Gasteiger partial charge in [-0.3, -0.25) is 0 Å². The molecule has 0 radical (unpaired) electrons. The van der Waals surface area contributed by atoms with Crippen LogP contribution in [0.5, 0.6) is 0 Å². The number of nitrogens with zero attached hydrogens (tertiary/aromatic N) is 2. The summed E-state index contributed by atoms with van der Waals surface area (Å²) in [6.45, 7) is 4.28. The Morgan fingerprint density at radius 1 is 1.23 bits per heavy atom. The Bertz CT molecular complexity index is 587. The van der Waals surface area contributed by atoms with Crippen molar-refractivity contribution >= 4 is 35.0 Å². The average molecular weight is 383 g/mol. The maximum absolute atomic E-state index is 6.13. The first-order chi connectivity index (χ1) is 9.97. The lowest BCUT2D eigenvalue weighted by molar-refractivity contribution is -0.435. The molecule has 3 N–H and O–H groups in total. The van der Waals surface area contributed by atoms with Crippen molar-refractivity contribution in [1.82, 2.24) is 10.2 Å². The van der Waals surface area contributed by atoms with Gasteiger partial charge in [0.1, 0.15) is 0 Å². The fourth-order valence-corrected chi connectivity index (χ4v) is 3.43. The summed E-state index contributed by atoms with van der Waals surface area (Å²) < 4.78 is 5.64. The fraction of sp³-hybridized carbons (Fsp3) is 0.429. The predicted octanol–water partition coefficient (Wildman–Crippen LogP) is 1.00. The Balaban J connectivity index is 0.00000242. The van der Waals surface area contributed by atoms with Gasteiger partial charge in [0, 0.05) is 22.2 Å². The summed E-state index contributed by atoms with van der Waals surface area (Å²) in [6.07, 6.45) is 0.919. The van der Waals surface area contributed by atoms with Crippen molar-refractivity contribution in [3.63, 3.8) is 0 Å². The highest BCUT2D eigenvalue weighted by atomic mass is 35.5. The van der Waals surface area contributed by atoms with Gasteiger partial charge in [-0.1, -0.05) is 54.9 Å². The standard InChI is InChI=1S/C14H17Cl2N3OS.ClH/c1-8(2)6-12(17)13-18-19-14(20-13)21-7-9-10(15)4-3-5-11(9)16;/h3-5,8,12H,6-7,17H2,1-2H3;1H/t12-;/m0./s1. The summed E-state index contributed by atoms with van der Waals surface area (Å²) in [5, 5.41) is 9.90. The average Bonchev–Trinajstić information content (AvgIpc) is 2.86. The molecule has 0 saturated carbocycles. The van der Waals surface area contributed by atoms with Crippen LogP contribution in [0.3, 0.4) is 0 Å². The van der Waals surface area contributed by atoms with Gasteiger partial charge in [-0.05, 0) is 23.6 Å². The Morgan fingerprint density at radius 3 is 2.45 bits per heavy atom. The number of hydrogen-bond donors (Lipinski definition) is 1. The maximum Gasteiger partial charge on any atom is 0.277 e. The van der Waals surface area contributed by atoms with E-state index in [1.165, 1.54) is 11.8 Å². The molecular weight excluding hydrogens is 365 g/mol. The lowest BCUT2D eigenvalue weighted by Gasteiger charge is -2.06. The summed E-state index contributed by atoms with van der Waals surface area (Å²) in [4.78, 5) is 0. The van der Waals surface area contributed by atoms with Crippen molar-refractivity contribution in [2.45, 2.75) is 37.3 Å². The molecule has 0 saturated heterocycles. The Labute approximate surface area is 150 Å². The topological polar surface area (TPSA) is 66.6 Å². The molecule has 1 atom stereocenters. The zero-order valence-electron chi connectivity index (χ0n) is 12.4. The monoisotopic (exact) mass is 381 g/mol. The van der Waals surface area contributed by atoms with E-state index in [1.807, 2.05) is 18.2 Å². The van der Waals surface area contributed by atoms with Crippen molar-refractivity contribution < 1.29 is 22.6 Å². The molecular formula is C14H18Cl3N3OS. The van der Waals surface area contributed by atoms with Crippen LogP contribution in [0.4, 0.5) is 0 Å². The summed E-state index contributed by atoms with van der Waals surface area (Å²) in [5.74, 6) is 1.71. The van der Waals surface area contributed by atoms with E-state index in [4.69, 9.17) is 27.6 Å². The molecule has 1 aromatic heterocycles. The molecule has 0 aliphatic heterocycles. The highest BCUT2D eigenvalue weighted by Crippen LogP contribution is 2.31. The molecule has 2 rings (SSSR count). The minimum Gasteiger partial charge on any atom is -1.00 e. The first kappa shape index (κ1) is 19.6. The number of quaternary nitrogens is 1. The van der Waals surface area contributed by atoms with E-state index >= 15 is 0 Å². The van der Waals surface area contributed by atoms with Gasteiger partial charge in [-0.2, -0.15) is 0 Å². The summed E-state index contributed by atoms with van der Waals surface area (Å²) in [7, 11) is 0. The van der Waals surface area contributed by atoms with Crippen LogP contribution < -0.4 is 18.1 Å². The zero-order valence-corrected chi connectivity index (χ0v) is 15.4. The van der Waals surface area contributed by atoms with Crippen LogP contribution >= 0.6 is 35.0 Å². The quantitative estimate of drug-likeness (QED) is 0.757. The fourth-order valence-electron chi connectivity index (χ4n) is 1.92. The molecule has 1 aromatic carbocycles. The van der Waals surface area contributed by atoms with Crippen LogP contribution in [0.1, 0.15) is 37.8 Å². The van der Waals surface area contributed by atoms with Crippen LogP contribution in [-0.4, -0.2) is 10.2 Å². The van der Waals surface area contributed by atoms with E-state index in [0.29, 0.717) is 32.8 Å². The van der Waals surface area contributed by atoms with Crippen LogP contribution in [0, 0.1) is 5.92 Å². The summed E-state index contributed by atoms with van der Waals surface area (Å²) in [5.41, 5.74) is 4.93. The third kappa shape index (κ3) is 5.32. The zero-order chi connectivity index (χ0) is 15.4. The van der Waals surface area contributed by atoms with E-state index in [2.05, 4.69) is 29.8 Å². The Hall–Kier alpha value is -0.460. The molecule has 8 heteroatoms. The number of hydrogen-bond acceptors (Lipinski definition) is 4. The van der Waals surface area contributed by atoms with Crippen LogP contribution in [0.15, 0.2) is 27.8 Å². The molecule has 0 amide bonds. The molecule has 0 spiro atoms. The van der Waals surface area contributed by atoms with Crippen LogP contribution in [-0.2, 0) is 5.75 Å². The van der Waals surface area contributed by atoms with Gasteiger partial charge in [0.25, 0.3) is 11.1 Å². The molecule has 2 aromatic rings. The molecule has 1 heterocycles. The van der Waals surface area contributed by atoms with Gasteiger partial charge in [0.15, 0.2) is 6.04 Å². The minimum atomic E-state index is 0. The SMILES string of the molecule is CC(C)C[C@H]([NH3+])c1nnc(SCc2c(Cl)cccc2Cl)o1.[Cl-]. The molecule has 22 heavy (non-hydrogen) atoms. The van der Waals surface area contributed by atoms with Crippen molar-refractivity contribution in [1.29, 1.82) is 0 Å². The van der Waals surface area contributed by atoms with E-state index < -0.39 is 0 Å². The van der Waals surface area contributed by atoms with Gasteiger partial charge < -0.3 is 22.6 Å². The molecule has 0 aliphatic rings. The highest BCUT2D eigenvalue weighted by Gasteiger charge is 2.19. The normalized spacial score (nSPS) is 12.3. The Kier molecular flexibility index (Phi) is 8.00. The van der Waals surface area contributed by atoms with Crippen LogP contribution in [0.2, 0.25) is 10.0 Å². The van der Waals surface area contributed by atoms with Crippen molar-refractivity contribution in [3.05, 3.63) is 39.7 Å². The number of benzene rings is 1. The molecule has 0 fully saturated rings. The van der Waals surface area contributed by atoms with Gasteiger partial charge in [0.05, 0.1) is 0 Å². The number of rotatable bonds is 6. The maximum atomic E-state index is 6.13. The van der Waals surface area contributed by atoms with Gasteiger partial charge in [-0.25, -0.2) is 0 Å². The van der Waals surface area contributed by atoms with E-state index in [-0.39, 0.29) is 18.4 Å². The van der Waals surface area contributed by atoms with E-state index in [0.717, 1.165) is 12.0 Å². The van der Waals surface area contributed by atoms with Crippen molar-refractivity contribution in [2.24, 2.45) is 5.92 Å². The number of thioether (sulfide) groups is 1. The van der Waals surface area contributed by atoms with Crippen LogP contribution in [0.25, 0.3) is 0 Å². The number of aromatic nitrogens is 2. The third-order valence-electron chi connectivity index (χ3n) is 2.93. The number of halogens is 3. The van der Waals surface area contributed by atoms with E-state index in [9.17, 15) is 0 Å². The molecule has 0 aliphatic carbocycles.